The van der Waals surface area contributed by atoms with Crippen LogP contribution in [0.2, 0.25) is 0 Å². The Morgan fingerprint density at radius 2 is 1.10 bits per heavy atom. The van der Waals surface area contributed by atoms with E-state index in [9.17, 15) is 29.4 Å². The average Bonchev–Trinajstić information content (AvgIpc) is 2.32. The fourth-order valence-electron chi connectivity index (χ4n) is 0.849. The van der Waals surface area contributed by atoms with Crippen LogP contribution in [0.25, 0.3) is 0 Å². The molecule has 118 valence electrons. The minimum Gasteiger partial charge on any atom is -0.548 e. The average molecular weight is 532 g/mol. The van der Waals surface area contributed by atoms with E-state index in [1.165, 1.54) is 13.8 Å². The minimum absolute atomic E-state index is 0. The van der Waals surface area contributed by atoms with Gasteiger partial charge in [-0.15, -0.1) is 0 Å². The molecule has 0 aliphatic carbocycles. The van der Waals surface area contributed by atoms with Crippen molar-refractivity contribution in [2.75, 3.05) is 11.5 Å². The fraction of sp³-hybridized carbons (Fsp3) is 0.600. The van der Waals surface area contributed by atoms with Crippen LogP contribution in [0.4, 0.5) is 0 Å². The van der Waals surface area contributed by atoms with Crippen LogP contribution in [0.5, 0.6) is 0 Å². The SMILES string of the molecule is CC(=O)N[C@@H](CS)C(=O)[O-].CC(=O)N[C@@H](CS)C(=O)[O-].[Pb+2]. The maximum atomic E-state index is 10.3. The monoisotopic (exact) mass is 532 g/mol. The Bertz CT molecular complexity index is 335. The molecule has 0 fully saturated rings. The van der Waals surface area contributed by atoms with E-state index < -0.39 is 35.8 Å². The molecule has 0 aromatic heterocycles. The molecule has 2 N–H and O–H groups in total. The van der Waals surface area contributed by atoms with E-state index in [-0.39, 0.29) is 38.8 Å². The normalized spacial score (nSPS) is 11.6. The first-order chi connectivity index (χ1) is 9.15. The molecule has 0 saturated carbocycles. The van der Waals surface area contributed by atoms with Crippen molar-refractivity contribution in [3.63, 3.8) is 0 Å². The Hall–Kier alpha value is -0.498. The van der Waals surface area contributed by atoms with Crippen molar-refractivity contribution in [1.82, 2.24) is 10.6 Å². The van der Waals surface area contributed by atoms with Crippen molar-refractivity contribution in [2.24, 2.45) is 0 Å². The predicted octanol–water partition coefficient (Wildman–Crippen LogP) is -4.04. The van der Waals surface area contributed by atoms with Gasteiger partial charge in [0, 0.05) is 25.4 Å². The van der Waals surface area contributed by atoms with Crippen LogP contribution in [-0.2, 0) is 19.2 Å². The van der Waals surface area contributed by atoms with Crippen LogP contribution in [0.3, 0.4) is 0 Å². The molecule has 11 heteroatoms. The molecule has 2 amide bonds. The number of carboxylic acid groups (broad SMARTS) is 2. The summed E-state index contributed by atoms with van der Waals surface area (Å²) in [4.78, 5) is 40.7. The van der Waals surface area contributed by atoms with Gasteiger partial charge in [-0.25, -0.2) is 0 Å². The molecular weight excluding hydrogens is 515 g/mol. The van der Waals surface area contributed by atoms with Gasteiger partial charge in [0.25, 0.3) is 0 Å². The van der Waals surface area contributed by atoms with E-state index in [2.05, 4.69) is 35.9 Å². The van der Waals surface area contributed by atoms with E-state index in [0.29, 0.717) is 0 Å². The van der Waals surface area contributed by atoms with E-state index in [1.54, 1.807) is 0 Å². The summed E-state index contributed by atoms with van der Waals surface area (Å²) >= 11 is 7.39. The zero-order chi connectivity index (χ0) is 16.3. The molecule has 2 radical (unpaired) electrons. The molecule has 0 aliphatic heterocycles. The standard InChI is InChI=1S/2C5H9NO3S.Pb/c2*1-3(7)6-4(2-10)5(8)9;/h2*4,10H,2H2,1H3,(H,6,7)(H,8,9);/q;;+2/p-2/t2*4-;/m00./s1. The molecule has 2 atom stereocenters. The Morgan fingerprint density at radius 1 is 0.857 bits per heavy atom. The smallest absolute Gasteiger partial charge is 0.548 e. The third kappa shape index (κ3) is 15.7. The largest absolute Gasteiger partial charge is 2.00 e. The maximum absolute atomic E-state index is 10.3. The summed E-state index contributed by atoms with van der Waals surface area (Å²) in [7, 11) is 0. The summed E-state index contributed by atoms with van der Waals surface area (Å²) in [5, 5.41) is 24.5. The second-order valence-corrected chi connectivity index (χ2v) is 4.24. The van der Waals surface area contributed by atoms with Crippen molar-refractivity contribution in [2.45, 2.75) is 25.9 Å². The molecule has 0 spiro atoms. The number of amides is 2. The second-order valence-electron chi connectivity index (χ2n) is 3.51. The van der Waals surface area contributed by atoms with E-state index in [4.69, 9.17) is 0 Å². The number of hydrogen-bond donors (Lipinski definition) is 4. The summed E-state index contributed by atoms with van der Waals surface area (Å²) in [6.45, 7) is 2.47. The first-order valence-electron chi connectivity index (χ1n) is 5.33. The molecule has 0 rings (SSSR count). The first kappa shape index (κ1) is 25.5. The van der Waals surface area contributed by atoms with Crippen molar-refractivity contribution < 1.29 is 29.4 Å². The Kier molecular flexibility index (Phi) is 17.5. The van der Waals surface area contributed by atoms with Gasteiger partial charge >= 0.3 is 27.3 Å². The molecule has 0 bridgehead atoms. The maximum Gasteiger partial charge on any atom is 2.00 e. The summed E-state index contributed by atoms with van der Waals surface area (Å²) < 4.78 is 0. The second kappa shape index (κ2) is 14.4. The quantitative estimate of drug-likeness (QED) is 0.203. The molecule has 21 heavy (non-hydrogen) atoms. The zero-order valence-corrected chi connectivity index (χ0v) is 17.1. The van der Waals surface area contributed by atoms with E-state index in [0.717, 1.165) is 0 Å². The number of carbonyl (C=O) groups is 4. The molecule has 0 unspecified atom stereocenters. The molecule has 0 aromatic carbocycles. The summed E-state index contributed by atoms with van der Waals surface area (Å²) in [5.74, 6) is -3.34. The molecule has 0 saturated heterocycles. The number of rotatable bonds is 6. The predicted molar refractivity (Wildman–Crippen MR) is 78.7 cm³/mol. The van der Waals surface area contributed by atoms with Gasteiger partial charge in [-0.1, -0.05) is 0 Å². The van der Waals surface area contributed by atoms with Crippen molar-refractivity contribution >= 4 is 76.3 Å². The number of nitrogens with one attached hydrogen (secondary N) is 2. The van der Waals surface area contributed by atoms with Crippen molar-refractivity contribution in [3.8, 4) is 0 Å². The topological polar surface area (TPSA) is 138 Å². The van der Waals surface area contributed by atoms with Crippen LogP contribution < -0.4 is 20.8 Å². The number of carboxylic acids is 2. The van der Waals surface area contributed by atoms with E-state index in [1.807, 2.05) is 0 Å². The Balaban J connectivity index is -0.000000295. The van der Waals surface area contributed by atoms with E-state index >= 15 is 0 Å². The van der Waals surface area contributed by atoms with Gasteiger partial charge in [0.15, 0.2) is 0 Å². The van der Waals surface area contributed by atoms with Crippen molar-refractivity contribution in [1.29, 1.82) is 0 Å². The zero-order valence-electron chi connectivity index (χ0n) is 11.4. The minimum atomic E-state index is -1.31. The van der Waals surface area contributed by atoms with Gasteiger partial charge < -0.3 is 30.4 Å². The van der Waals surface area contributed by atoms with Gasteiger partial charge in [0.1, 0.15) is 0 Å². The number of hydrogen-bond acceptors (Lipinski definition) is 8. The van der Waals surface area contributed by atoms with Gasteiger partial charge in [-0.3, -0.25) is 9.59 Å². The summed E-state index contributed by atoms with van der Waals surface area (Å²) in [6.07, 6.45) is 0. The van der Waals surface area contributed by atoms with Gasteiger partial charge in [-0.2, -0.15) is 25.3 Å². The van der Waals surface area contributed by atoms with Gasteiger partial charge in [0.2, 0.25) is 11.8 Å². The van der Waals surface area contributed by atoms with Crippen LogP contribution >= 0.6 is 25.3 Å². The molecular formula is C10H16N2O6PbS2. The first-order valence-corrected chi connectivity index (χ1v) is 6.59. The van der Waals surface area contributed by atoms with Gasteiger partial charge in [0.05, 0.1) is 24.0 Å². The molecule has 0 aromatic rings. The molecule has 0 heterocycles. The van der Waals surface area contributed by atoms with Crippen LogP contribution in [0, 0.1) is 0 Å². The molecule has 8 nitrogen and oxygen atoms in total. The summed E-state index contributed by atoms with van der Waals surface area (Å²) in [5.41, 5.74) is 0. The summed E-state index contributed by atoms with van der Waals surface area (Å²) in [6, 6.07) is -1.97. The van der Waals surface area contributed by atoms with Crippen LogP contribution in [-0.4, -0.2) is 74.6 Å². The fourth-order valence-corrected chi connectivity index (χ4v) is 1.33. The Labute approximate surface area is 153 Å². The number of carbonyl (C=O) groups excluding carboxylic acids is 4. The van der Waals surface area contributed by atoms with Crippen LogP contribution in [0.15, 0.2) is 0 Å². The van der Waals surface area contributed by atoms with Gasteiger partial charge in [-0.05, 0) is 0 Å². The number of aliphatic carboxylic acids is 2. The van der Waals surface area contributed by atoms with Crippen molar-refractivity contribution in [3.05, 3.63) is 0 Å². The third-order valence-electron chi connectivity index (χ3n) is 1.69. The molecule has 0 aliphatic rings. The third-order valence-corrected chi connectivity index (χ3v) is 2.42. The van der Waals surface area contributed by atoms with Crippen LogP contribution in [0.1, 0.15) is 13.8 Å². The number of thiol groups is 2. The Morgan fingerprint density at radius 3 is 1.14 bits per heavy atom.